The van der Waals surface area contributed by atoms with Gasteiger partial charge in [0.05, 0.1) is 32.1 Å². The normalized spacial score (nSPS) is 18.3. The number of quaternary nitrogens is 1. The van der Waals surface area contributed by atoms with Gasteiger partial charge in [0.2, 0.25) is 34.0 Å². The fourth-order valence-electron chi connectivity index (χ4n) is 8.28. The first-order valence-electron chi connectivity index (χ1n) is 23.0. The van der Waals surface area contributed by atoms with E-state index in [1.165, 1.54) is 13.1 Å². The molecule has 362 valence electrons. The van der Waals surface area contributed by atoms with Gasteiger partial charge >= 0.3 is 5.97 Å². The molecule has 0 aliphatic carbocycles. The Morgan fingerprint density at radius 1 is 0.761 bits per heavy atom. The molecule has 2 fully saturated rings. The number of carbonyl (C=O) groups is 6. The first-order valence-corrected chi connectivity index (χ1v) is 23.6. The van der Waals surface area contributed by atoms with Crippen LogP contribution in [0.5, 0.6) is 5.75 Å². The molecule has 0 bridgehead atoms. The van der Waals surface area contributed by atoms with E-state index >= 15 is 0 Å². The van der Waals surface area contributed by atoms with E-state index in [1.54, 1.807) is 13.0 Å². The maximum absolute atomic E-state index is 14.5. The first kappa shape index (κ1) is 52.5. The zero-order valence-corrected chi connectivity index (χ0v) is 41.0. The number of Topliss-reactive ketones (excluding diaryl/α,β-unsaturated/α-hetero) is 1. The molecule has 3 aromatic rings. The number of aryl methyl sites for hydroxylation is 1. The molecule has 5 atom stereocenters. The van der Waals surface area contributed by atoms with Crippen LogP contribution in [0.15, 0.2) is 84.0 Å². The summed E-state index contributed by atoms with van der Waals surface area (Å²) in [6.07, 6.45) is 2.87. The molecule has 4 N–H and O–H groups in total. The fourth-order valence-corrected chi connectivity index (χ4v) is 8.36. The second kappa shape index (κ2) is 25.0. The molecule has 0 spiro atoms. The van der Waals surface area contributed by atoms with E-state index in [9.17, 15) is 28.8 Å². The van der Waals surface area contributed by atoms with Gasteiger partial charge in [-0.2, -0.15) is 0 Å². The predicted octanol–water partition coefficient (Wildman–Crippen LogP) is 4.88. The van der Waals surface area contributed by atoms with Crippen molar-refractivity contribution >= 4 is 57.9 Å². The summed E-state index contributed by atoms with van der Waals surface area (Å²) in [5.74, 6) is -2.37. The minimum atomic E-state index is -1.09. The summed E-state index contributed by atoms with van der Waals surface area (Å²) in [5.41, 5.74) is 2.14. The molecule has 4 amide bonds. The molecule has 0 aromatic heterocycles. The lowest BCUT2D eigenvalue weighted by Gasteiger charge is -2.41. The maximum Gasteiger partial charge on any atom is 0.308 e. The predicted molar refractivity (Wildman–Crippen MR) is 256 cm³/mol. The summed E-state index contributed by atoms with van der Waals surface area (Å²) in [6, 6.07) is 20.2. The number of benzene rings is 3. The molecule has 67 heavy (non-hydrogen) atoms. The Kier molecular flexibility index (Phi) is 19.6. The molecule has 2 aliphatic heterocycles. The fraction of sp³-hybridized carbons (Fsp3) is 0.500. The SMILES string of the molecule is CC(=O)Oc1ccc(C[N+]2(CC(=O)N[C@@H](CCc3ccccc3)C(=O)N[C@@H](CC(C)C)C(=O)N[C@@H](Cc3ccccc3)C(=O)NC(CC(C)C)C(=O)[C@@]3(C)CO3)CCOCC2)cc1/C=N/OBr. The van der Waals surface area contributed by atoms with E-state index in [1.807, 2.05) is 100 Å². The van der Waals surface area contributed by atoms with E-state index in [0.29, 0.717) is 61.5 Å². The standard InChI is InChI=1S/C50H65BrN6O10/c1-33(2)25-41(46(60)50(6)32-65-50)54-49(63)43(28-37-15-11-8-12-16-37)56-48(62)42(26-34(3)4)55-47(61)40(19-17-36-13-9-7-10-14-36)53-45(59)31-57(21-23-64-24-22-57)30-38-18-20-44(66-35(5)58)39(27-38)29-52-67-51/h7-16,18,20,27,29,33-34,40-43H,17,19,21-26,28,30-32H2,1-6H3,(H3-,53,54,55,56,59,61,62,63)/p+1/b52-29+/t40-,41?,42-,43-,50+/m0/s1. The van der Waals surface area contributed by atoms with Crippen molar-refractivity contribution in [3.05, 3.63) is 101 Å². The zero-order valence-electron chi connectivity index (χ0n) is 39.4. The van der Waals surface area contributed by atoms with Gasteiger partial charge in [0.15, 0.2) is 12.3 Å². The average molecular weight is 991 g/mol. The Hall–Kier alpha value is -5.49. The Balaban J connectivity index is 1.37. The van der Waals surface area contributed by atoms with E-state index in [2.05, 4.69) is 42.7 Å². The Morgan fingerprint density at radius 2 is 1.33 bits per heavy atom. The van der Waals surface area contributed by atoms with E-state index < -0.39 is 53.5 Å². The number of hydrogen-bond acceptors (Lipinski definition) is 11. The smallest absolute Gasteiger partial charge is 0.308 e. The summed E-state index contributed by atoms with van der Waals surface area (Å²) < 4.78 is 21.6. The number of morpholine rings is 1. The van der Waals surface area contributed by atoms with Crippen molar-refractivity contribution in [2.45, 2.75) is 110 Å². The second-order valence-electron chi connectivity index (χ2n) is 18.6. The number of rotatable bonds is 25. The van der Waals surface area contributed by atoms with Crippen molar-refractivity contribution in [3.8, 4) is 5.75 Å². The van der Waals surface area contributed by atoms with E-state index in [-0.39, 0.29) is 55.9 Å². The molecular formula is C50H66BrN6O10+. The second-order valence-corrected chi connectivity index (χ2v) is 18.9. The minimum absolute atomic E-state index is 0.0237. The highest BCUT2D eigenvalue weighted by atomic mass is 79.9. The van der Waals surface area contributed by atoms with Crippen LogP contribution in [0.2, 0.25) is 0 Å². The summed E-state index contributed by atoms with van der Waals surface area (Å²) in [4.78, 5) is 82.7. The molecular weight excluding hydrogens is 924 g/mol. The molecule has 0 radical (unpaired) electrons. The third-order valence-electron chi connectivity index (χ3n) is 11.9. The number of nitrogens with one attached hydrogen (secondary N) is 4. The molecule has 0 saturated carbocycles. The van der Waals surface area contributed by atoms with Crippen LogP contribution in [0.3, 0.4) is 0 Å². The van der Waals surface area contributed by atoms with Crippen molar-refractivity contribution in [2.75, 3.05) is 39.5 Å². The number of ketones is 1. The summed E-state index contributed by atoms with van der Waals surface area (Å²) in [5, 5.41) is 15.6. The Morgan fingerprint density at radius 3 is 1.93 bits per heavy atom. The Bertz CT molecular complexity index is 2180. The van der Waals surface area contributed by atoms with Crippen molar-refractivity contribution < 1.29 is 51.4 Å². The molecule has 2 saturated heterocycles. The number of epoxide rings is 1. The molecule has 5 rings (SSSR count). The van der Waals surface area contributed by atoms with Gasteiger partial charge in [-0.05, 0) is 73.8 Å². The lowest BCUT2D eigenvalue weighted by molar-refractivity contribution is -0.940. The lowest BCUT2D eigenvalue weighted by atomic mass is 9.93. The van der Waals surface area contributed by atoms with Gasteiger partial charge in [-0.15, -0.1) is 0 Å². The van der Waals surface area contributed by atoms with Gasteiger partial charge in [0, 0.05) is 24.5 Å². The van der Waals surface area contributed by atoms with Crippen molar-refractivity contribution in [2.24, 2.45) is 17.0 Å². The van der Waals surface area contributed by atoms with Crippen LogP contribution in [0.1, 0.15) is 83.1 Å². The topological polar surface area (TPSA) is 203 Å². The summed E-state index contributed by atoms with van der Waals surface area (Å²) in [6.45, 7) is 13.4. The highest BCUT2D eigenvalue weighted by molar-refractivity contribution is 9.06. The minimum Gasteiger partial charge on any atom is -0.426 e. The van der Waals surface area contributed by atoms with Gasteiger partial charge in [-0.3, -0.25) is 28.8 Å². The quantitative estimate of drug-likeness (QED) is 0.0226. The van der Waals surface area contributed by atoms with Crippen molar-refractivity contribution in [1.82, 2.24) is 21.3 Å². The van der Waals surface area contributed by atoms with Crippen molar-refractivity contribution in [1.29, 1.82) is 0 Å². The van der Waals surface area contributed by atoms with Gasteiger partial charge < -0.3 is 43.9 Å². The number of oxime groups is 1. The van der Waals surface area contributed by atoms with Crippen LogP contribution in [0.25, 0.3) is 0 Å². The van der Waals surface area contributed by atoms with Crippen LogP contribution in [-0.4, -0.2) is 115 Å². The van der Waals surface area contributed by atoms with Gasteiger partial charge in [0.25, 0.3) is 5.91 Å². The van der Waals surface area contributed by atoms with E-state index in [0.717, 1.165) is 16.7 Å². The molecule has 16 nitrogen and oxygen atoms in total. The average Bonchev–Trinajstić information content (AvgIpc) is 4.05. The van der Waals surface area contributed by atoms with Crippen LogP contribution < -0.4 is 26.0 Å². The van der Waals surface area contributed by atoms with Crippen molar-refractivity contribution in [3.63, 3.8) is 0 Å². The van der Waals surface area contributed by atoms with Crippen LogP contribution >= 0.6 is 16.3 Å². The zero-order chi connectivity index (χ0) is 48.6. The number of halogens is 1. The lowest BCUT2D eigenvalue weighted by Crippen LogP contribution is -2.61. The van der Waals surface area contributed by atoms with Gasteiger partial charge in [-0.1, -0.05) is 93.5 Å². The summed E-state index contributed by atoms with van der Waals surface area (Å²) >= 11 is 2.81. The molecule has 17 heteroatoms. The Labute approximate surface area is 402 Å². The number of esters is 1. The maximum atomic E-state index is 14.5. The highest BCUT2D eigenvalue weighted by Crippen LogP contribution is 2.30. The third kappa shape index (κ3) is 16.7. The number of nitrogens with zero attached hydrogens (tertiary/aromatic N) is 2. The number of amides is 4. The number of carbonyl (C=O) groups excluding carboxylic acids is 6. The van der Waals surface area contributed by atoms with E-state index in [4.69, 9.17) is 18.1 Å². The monoisotopic (exact) mass is 989 g/mol. The van der Waals surface area contributed by atoms with Gasteiger partial charge in [-0.25, -0.2) is 0 Å². The van der Waals surface area contributed by atoms with Crippen LogP contribution in [0, 0.1) is 11.8 Å². The molecule has 3 aromatic carbocycles. The van der Waals surface area contributed by atoms with Crippen LogP contribution in [-0.2, 0) is 61.6 Å². The summed E-state index contributed by atoms with van der Waals surface area (Å²) in [7, 11) is 0. The first-order chi connectivity index (χ1) is 32.0. The van der Waals surface area contributed by atoms with Gasteiger partial charge in [0.1, 0.15) is 49.1 Å². The third-order valence-corrected chi connectivity index (χ3v) is 12.1. The largest absolute Gasteiger partial charge is 0.426 e. The van der Waals surface area contributed by atoms with Crippen LogP contribution in [0.4, 0.5) is 0 Å². The number of hydrogen-bond donors (Lipinski definition) is 4. The number of ether oxygens (including phenoxy) is 3. The highest BCUT2D eigenvalue weighted by Gasteiger charge is 2.50. The molecule has 2 aliphatic rings. The molecule has 1 unspecified atom stereocenters. The molecule has 2 heterocycles.